The average Bonchev–Trinajstić information content (AvgIpc) is 3.16. The minimum absolute atomic E-state index is 0.199. The van der Waals surface area contributed by atoms with Crippen LogP contribution in [0.4, 0.5) is 13.2 Å². The molecule has 0 aliphatic heterocycles. The number of amides is 1. The van der Waals surface area contributed by atoms with Crippen molar-refractivity contribution in [1.82, 2.24) is 14.9 Å². The Morgan fingerprint density at radius 1 is 1.23 bits per heavy atom. The third-order valence-corrected chi connectivity index (χ3v) is 4.90. The second kappa shape index (κ2) is 9.26. The van der Waals surface area contributed by atoms with Gasteiger partial charge in [0.1, 0.15) is 17.6 Å². The Kier molecular flexibility index (Phi) is 6.70. The first-order chi connectivity index (χ1) is 14.7. The maximum absolute atomic E-state index is 13.0. The van der Waals surface area contributed by atoms with Crippen LogP contribution in [-0.2, 0) is 18.0 Å². The van der Waals surface area contributed by atoms with Crippen LogP contribution in [0.2, 0.25) is 5.02 Å². The molecular weight excluding hydrogens is 431 g/mol. The van der Waals surface area contributed by atoms with Crippen LogP contribution < -0.4 is 10.1 Å². The van der Waals surface area contributed by atoms with Crippen molar-refractivity contribution in [1.29, 1.82) is 0 Å². The molecule has 2 aromatic carbocycles. The lowest BCUT2D eigenvalue weighted by molar-refractivity contribution is -0.137. The number of alkyl halides is 3. The SMILES string of the molecule is COc1ccc(C(NC(=O)/C=C/c2ccc(Cl)c(C(F)(F)F)c2)c2nccn2C)cc1. The van der Waals surface area contributed by atoms with E-state index in [1.54, 1.807) is 55.4 Å². The number of halogens is 4. The van der Waals surface area contributed by atoms with E-state index in [1.165, 1.54) is 18.2 Å². The second-order valence-electron chi connectivity index (χ2n) is 6.68. The molecule has 0 aliphatic carbocycles. The number of ether oxygens (including phenoxy) is 1. The van der Waals surface area contributed by atoms with Crippen LogP contribution in [0.1, 0.15) is 28.6 Å². The van der Waals surface area contributed by atoms with Gasteiger partial charge in [0, 0.05) is 25.5 Å². The van der Waals surface area contributed by atoms with Crippen LogP contribution in [0, 0.1) is 0 Å². The summed E-state index contributed by atoms with van der Waals surface area (Å²) in [5.74, 6) is 0.766. The second-order valence-corrected chi connectivity index (χ2v) is 7.09. The van der Waals surface area contributed by atoms with Gasteiger partial charge in [-0.2, -0.15) is 13.2 Å². The van der Waals surface area contributed by atoms with E-state index in [9.17, 15) is 18.0 Å². The van der Waals surface area contributed by atoms with Gasteiger partial charge in [-0.1, -0.05) is 29.8 Å². The van der Waals surface area contributed by atoms with Crippen LogP contribution in [0.25, 0.3) is 6.08 Å². The Morgan fingerprint density at radius 3 is 2.52 bits per heavy atom. The normalized spacial score (nSPS) is 12.7. The molecule has 3 rings (SSSR count). The quantitative estimate of drug-likeness (QED) is 0.538. The highest BCUT2D eigenvalue weighted by molar-refractivity contribution is 6.31. The molecule has 9 heteroatoms. The highest BCUT2D eigenvalue weighted by atomic mass is 35.5. The fourth-order valence-electron chi connectivity index (χ4n) is 2.97. The zero-order valence-corrected chi connectivity index (χ0v) is 17.4. The molecule has 1 amide bonds. The lowest BCUT2D eigenvalue weighted by Crippen LogP contribution is -2.29. The van der Waals surface area contributed by atoms with Crippen LogP contribution in [0.15, 0.2) is 60.9 Å². The van der Waals surface area contributed by atoms with Crippen LogP contribution in [0.5, 0.6) is 5.75 Å². The van der Waals surface area contributed by atoms with Crippen molar-refractivity contribution in [2.75, 3.05) is 7.11 Å². The third-order valence-electron chi connectivity index (χ3n) is 4.58. The Labute approximate surface area is 182 Å². The summed E-state index contributed by atoms with van der Waals surface area (Å²) >= 11 is 5.63. The Bertz CT molecular complexity index is 1090. The number of aromatic nitrogens is 2. The molecule has 0 saturated carbocycles. The van der Waals surface area contributed by atoms with E-state index >= 15 is 0 Å². The minimum Gasteiger partial charge on any atom is -0.497 e. The van der Waals surface area contributed by atoms with E-state index in [4.69, 9.17) is 16.3 Å². The monoisotopic (exact) mass is 449 g/mol. The van der Waals surface area contributed by atoms with Crippen molar-refractivity contribution in [3.8, 4) is 5.75 Å². The van der Waals surface area contributed by atoms with Gasteiger partial charge in [0.2, 0.25) is 5.91 Å². The summed E-state index contributed by atoms with van der Waals surface area (Å²) in [6.45, 7) is 0. The van der Waals surface area contributed by atoms with Crippen molar-refractivity contribution in [3.63, 3.8) is 0 Å². The molecule has 1 N–H and O–H groups in total. The number of aryl methyl sites for hydroxylation is 1. The van der Waals surface area contributed by atoms with E-state index in [1.807, 2.05) is 0 Å². The maximum atomic E-state index is 13.0. The summed E-state index contributed by atoms with van der Waals surface area (Å²) in [4.78, 5) is 16.9. The van der Waals surface area contributed by atoms with Gasteiger partial charge >= 0.3 is 6.18 Å². The summed E-state index contributed by atoms with van der Waals surface area (Å²) in [5.41, 5.74) is 0.00779. The number of carbonyl (C=O) groups excluding carboxylic acids is 1. The standard InChI is InChI=1S/C22H19ClF3N3O2/c1-29-12-11-27-21(29)20(15-5-7-16(31-2)8-6-15)28-19(30)10-4-14-3-9-18(23)17(13-14)22(24,25)26/h3-13,20H,1-2H3,(H,28,30)/b10-4+. The predicted molar refractivity (Wildman–Crippen MR) is 112 cm³/mol. The Hall–Kier alpha value is -3.26. The van der Waals surface area contributed by atoms with Crippen LogP contribution in [0.3, 0.4) is 0 Å². The van der Waals surface area contributed by atoms with Gasteiger partial charge < -0.3 is 14.6 Å². The molecule has 3 aromatic rings. The minimum atomic E-state index is -4.58. The van der Waals surface area contributed by atoms with E-state index in [0.717, 1.165) is 17.7 Å². The number of carbonyl (C=O) groups is 1. The average molecular weight is 450 g/mol. The van der Waals surface area contributed by atoms with Crippen molar-refractivity contribution in [2.45, 2.75) is 12.2 Å². The fraction of sp³-hybridized carbons (Fsp3) is 0.182. The number of imidazole rings is 1. The number of hydrogen-bond acceptors (Lipinski definition) is 3. The highest BCUT2D eigenvalue weighted by Crippen LogP contribution is 2.35. The number of rotatable bonds is 6. The summed E-state index contributed by atoms with van der Waals surface area (Å²) < 4.78 is 46.0. The molecule has 0 saturated heterocycles. The smallest absolute Gasteiger partial charge is 0.417 e. The molecule has 0 bridgehead atoms. The summed E-state index contributed by atoms with van der Waals surface area (Å²) in [6, 6.07) is 10.0. The lowest BCUT2D eigenvalue weighted by atomic mass is 10.1. The van der Waals surface area contributed by atoms with E-state index < -0.39 is 28.7 Å². The molecule has 1 unspecified atom stereocenters. The number of benzene rings is 2. The van der Waals surface area contributed by atoms with Gasteiger partial charge in [-0.3, -0.25) is 4.79 Å². The van der Waals surface area contributed by atoms with Crippen LogP contribution in [-0.4, -0.2) is 22.6 Å². The van der Waals surface area contributed by atoms with Gasteiger partial charge in [0.15, 0.2) is 0 Å². The largest absolute Gasteiger partial charge is 0.497 e. The van der Waals surface area contributed by atoms with Gasteiger partial charge in [-0.25, -0.2) is 4.98 Å². The third kappa shape index (κ3) is 5.46. The molecule has 1 atom stereocenters. The van der Waals surface area contributed by atoms with Gasteiger partial charge in [-0.15, -0.1) is 0 Å². The highest BCUT2D eigenvalue weighted by Gasteiger charge is 2.33. The fourth-order valence-corrected chi connectivity index (χ4v) is 3.20. The van der Waals surface area contributed by atoms with E-state index in [0.29, 0.717) is 11.6 Å². The topological polar surface area (TPSA) is 56.1 Å². The molecule has 0 spiro atoms. The maximum Gasteiger partial charge on any atom is 0.417 e. The van der Waals surface area contributed by atoms with Crippen molar-refractivity contribution >= 4 is 23.6 Å². The summed E-state index contributed by atoms with van der Waals surface area (Å²) in [7, 11) is 3.35. The molecular formula is C22H19ClF3N3O2. The number of methoxy groups -OCH3 is 1. The zero-order valence-electron chi connectivity index (χ0n) is 16.7. The number of nitrogens with zero attached hydrogens (tertiary/aromatic N) is 2. The first kappa shape index (κ1) is 22.4. The van der Waals surface area contributed by atoms with Crippen molar-refractivity contribution in [3.05, 3.63) is 88.5 Å². The summed E-state index contributed by atoms with van der Waals surface area (Å²) in [6.07, 6.45) is 1.24. The molecule has 5 nitrogen and oxygen atoms in total. The molecule has 0 aliphatic rings. The van der Waals surface area contributed by atoms with E-state index in [-0.39, 0.29) is 5.56 Å². The molecule has 1 aromatic heterocycles. The number of hydrogen-bond donors (Lipinski definition) is 1. The molecule has 0 radical (unpaired) electrons. The van der Waals surface area contributed by atoms with Crippen LogP contribution >= 0.6 is 11.6 Å². The predicted octanol–water partition coefficient (Wildman–Crippen LogP) is 5.02. The Balaban J connectivity index is 1.83. The molecule has 1 heterocycles. The van der Waals surface area contributed by atoms with Gasteiger partial charge in [0.25, 0.3) is 0 Å². The first-order valence-electron chi connectivity index (χ1n) is 9.15. The van der Waals surface area contributed by atoms with E-state index in [2.05, 4.69) is 10.3 Å². The zero-order chi connectivity index (χ0) is 22.6. The molecule has 31 heavy (non-hydrogen) atoms. The number of nitrogens with one attached hydrogen (secondary N) is 1. The van der Waals surface area contributed by atoms with Gasteiger partial charge in [0.05, 0.1) is 17.7 Å². The summed E-state index contributed by atoms with van der Waals surface area (Å²) in [5, 5.41) is 2.44. The molecule has 162 valence electrons. The van der Waals surface area contributed by atoms with Gasteiger partial charge in [-0.05, 0) is 41.5 Å². The van der Waals surface area contributed by atoms with Crippen molar-refractivity contribution in [2.24, 2.45) is 7.05 Å². The van der Waals surface area contributed by atoms with Crippen molar-refractivity contribution < 1.29 is 22.7 Å². The lowest BCUT2D eigenvalue weighted by Gasteiger charge is -2.18. The first-order valence-corrected chi connectivity index (χ1v) is 9.53. The molecule has 0 fully saturated rings. The Morgan fingerprint density at radius 2 is 1.94 bits per heavy atom.